The van der Waals surface area contributed by atoms with Gasteiger partial charge < -0.3 is 19.5 Å². The van der Waals surface area contributed by atoms with Gasteiger partial charge in [0, 0.05) is 30.5 Å². The van der Waals surface area contributed by atoms with Gasteiger partial charge in [-0.3, -0.25) is 4.79 Å². The molecule has 0 unspecified atom stereocenters. The summed E-state index contributed by atoms with van der Waals surface area (Å²) in [7, 11) is 0. The molecule has 22 heavy (non-hydrogen) atoms. The molecule has 2 rings (SSSR count). The van der Waals surface area contributed by atoms with Gasteiger partial charge in [0.1, 0.15) is 0 Å². The van der Waals surface area contributed by atoms with Gasteiger partial charge in [-0.1, -0.05) is 13.3 Å². The quantitative estimate of drug-likeness (QED) is 0.571. The highest BCUT2D eigenvalue weighted by Crippen LogP contribution is 2.25. The predicted molar refractivity (Wildman–Crippen MR) is 77.1 cm³/mol. The van der Waals surface area contributed by atoms with Crippen LogP contribution in [0, 0.1) is 5.92 Å². The number of carboxylic acids is 1. The van der Waals surface area contributed by atoms with Gasteiger partial charge >= 0.3 is 5.97 Å². The largest absolute Gasteiger partial charge is 0.550 e. The number of anilines is 1. The molecular weight excluding hydrogens is 286 g/mol. The van der Waals surface area contributed by atoms with E-state index in [4.69, 9.17) is 4.74 Å². The van der Waals surface area contributed by atoms with Gasteiger partial charge in [0.05, 0.1) is 12.2 Å². The molecular formula is C16H18NO5-. The highest BCUT2D eigenvalue weighted by Gasteiger charge is 2.31. The average Bonchev–Trinajstić information content (AvgIpc) is 2.90. The van der Waals surface area contributed by atoms with Crippen LogP contribution in [0.4, 0.5) is 5.69 Å². The Kier molecular flexibility index (Phi) is 5.14. The van der Waals surface area contributed by atoms with Crippen LogP contribution in [0.5, 0.6) is 0 Å². The predicted octanol–water partition coefficient (Wildman–Crippen LogP) is 0.746. The van der Waals surface area contributed by atoms with Crippen LogP contribution in [0.1, 0.15) is 36.5 Å². The van der Waals surface area contributed by atoms with Crippen LogP contribution < -0.4 is 10.0 Å². The summed E-state index contributed by atoms with van der Waals surface area (Å²) >= 11 is 0. The Bertz CT molecular complexity index is 566. The molecule has 0 bridgehead atoms. The zero-order valence-electron chi connectivity index (χ0n) is 12.4. The fraction of sp³-hybridized carbons (Fsp3) is 0.438. The summed E-state index contributed by atoms with van der Waals surface area (Å²) in [6, 6.07) is 6.38. The lowest BCUT2D eigenvalue weighted by atomic mass is 10.1. The molecule has 1 aromatic carbocycles. The fourth-order valence-corrected chi connectivity index (χ4v) is 2.28. The maximum absolute atomic E-state index is 11.8. The summed E-state index contributed by atoms with van der Waals surface area (Å²) in [5, 5.41) is 10.8. The van der Waals surface area contributed by atoms with Gasteiger partial charge in [-0.25, -0.2) is 4.79 Å². The molecule has 1 atom stereocenters. The molecule has 118 valence electrons. The highest BCUT2D eigenvalue weighted by atomic mass is 16.5. The number of unbranched alkanes of at least 4 members (excludes halogenated alkanes) is 1. The number of aliphatic carboxylic acids is 1. The fourth-order valence-electron chi connectivity index (χ4n) is 2.28. The Morgan fingerprint density at radius 3 is 2.55 bits per heavy atom. The number of benzene rings is 1. The average molecular weight is 304 g/mol. The normalized spacial score (nSPS) is 17.6. The number of nitrogens with zero attached hydrogens (tertiary/aromatic N) is 1. The van der Waals surface area contributed by atoms with E-state index in [2.05, 4.69) is 0 Å². The van der Waals surface area contributed by atoms with Crippen molar-refractivity contribution in [3.05, 3.63) is 29.8 Å². The molecule has 0 saturated carbocycles. The highest BCUT2D eigenvalue weighted by molar-refractivity contribution is 5.99. The Labute approximate surface area is 128 Å². The first-order chi connectivity index (χ1) is 10.5. The van der Waals surface area contributed by atoms with Crippen LogP contribution in [0.2, 0.25) is 0 Å². The number of hydrogen-bond acceptors (Lipinski definition) is 5. The van der Waals surface area contributed by atoms with Crippen molar-refractivity contribution in [3.63, 3.8) is 0 Å². The lowest BCUT2D eigenvalue weighted by Gasteiger charge is -2.17. The summed E-state index contributed by atoms with van der Waals surface area (Å²) in [5.74, 6) is -2.66. The summed E-state index contributed by atoms with van der Waals surface area (Å²) < 4.78 is 5.10. The van der Waals surface area contributed by atoms with Gasteiger partial charge in [0.25, 0.3) is 0 Å². The number of ether oxygens (including phenoxy) is 1. The molecule has 6 heteroatoms. The number of esters is 1. The summed E-state index contributed by atoms with van der Waals surface area (Å²) in [4.78, 5) is 35.8. The molecule has 0 aromatic heterocycles. The van der Waals surface area contributed by atoms with Crippen molar-refractivity contribution in [2.75, 3.05) is 18.1 Å². The molecule has 6 nitrogen and oxygen atoms in total. The van der Waals surface area contributed by atoms with E-state index in [1.807, 2.05) is 6.92 Å². The van der Waals surface area contributed by atoms with Gasteiger partial charge in [0.15, 0.2) is 0 Å². The van der Waals surface area contributed by atoms with E-state index in [9.17, 15) is 19.5 Å². The lowest BCUT2D eigenvalue weighted by Crippen LogP contribution is -2.33. The third-order valence-electron chi connectivity index (χ3n) is 3.60. The first-order valence-electron chi connectivity index (χ1n) is 7.31. The minimum absolute atomic E-state index is 0.0524. The number of carbonyl (C=O) groups excluding carboxylic acids is 3. The third-order valence-corrected chi connectivity index (χ3v) is 3.60. The summed E-state index contributed by atoms with van der Waals surface area (Å²) in [5.41, 5.74) is 0.974. The van der Waals surface area contributed by atoms with Crippen LogP contribution >= 0.6 is 0 Å². The van der Waals surface area contributed by atoms with E-state index in [1.54, 1.807) is 24.3 Å². The number of rotatable bonds is 6. The van der Waals surface area contributed by atoms with Crippen LogP contribution in [0.25, 0.3) is 0 Å². The number of amides is 1. The molecule has 0 aliphatic carbocycles. The monoisotopic (exact) mass is 304 g/mol. The van der Waals surface area contributed by atoms with Gasteiger partial charge in [-0.2, -0.15) is 0 Å². The van der Waals surface area contributed by atoms with Crippen LogP contribution in [0.15, 0.2) is 24.3 Å². The van der Waals surface area contributed by atoms with Crippen LogP contribution in [-0.4, -0.2) is 31.0 Å². The number of carbonyl (C=O) groups is 3. The van der Waals surface area contributed by atoms with Crippen molar-refractivity contribution in [1.82, 2.24) is 0 Å². The van der Waals surface area contributed by atoms with Crippen LogP contribution in [0.3, 0.4) is 0 Å². The molecule has 1 aliphatic rings. The van der Waals surface area contributed by atoms with E-state index in [0.29, 0.717) is 17.9 Å². The zero-order chi connectivity index (χ0) is 16.1. The molecule has 1 fully saturated rings. The maximum atomic E-state index is 11.8. The maximum Gasteiger partial charge on any atom is 0.338 e. The smallest absolute Gasteiger partial charge is 0.338 e. The van der Waals surface area contributed by atoms with Crippen LogP contribution in [-0.2, 0) is 14.3 Å². The van der Waals surface area contributed by atoms with Crippen molar-refractivity contribution in [3.8, 4) is 0 Å². The topological polar surface area (TPSA) is 86.7 Å². The van der Waals surface area contributed by atoms with Gasteiger partial charge in [0.2, 0.25) is 5.91 Å². The Balaban J connectivity index is 2.01. The van der Waals surface area contributed by atoms with Gasteiger partial charge in [-0.15, -0.1) is 0 Å². The molecule has 1 heterocycles. The molecule has 1 aromatic rings. The molecule has 1 aliphatic heterocycles. The van der Waals surface area contributed by atoms with E-state index >= 15 is 0 Å². The number of carboxylic acid groups (broad SMARTS) is 1. The molecule has 0 radical (unpaired) electrons. The van der Waals surface area contributed by atoms with Gasteiger partial charge in [-0.05, 0) is 30.7 Å². The minimum Gasteiger partial charge on any atom is -0.550 e. The second kappa shape index (κ2) is 7.06. The van der Waals surface area contributed by atoms with E-state index in [1.165, 1.54) is 4.90 Å². The first-order valence-corrected chi connectivity index (χ1v) is 7.31. The van der Waals surface area contributed by atoms with E-state index < -0.39 is 17.9 Å². The van der Waals surface area contributed by atoms with E-state index in [0.717, 1.165) is 12.8 Å². The van der Waals surface area contributed by atoms with Crippen molar-refractivity contribution in [2.24, 2.45) is 5.92 Å². The third kappa shape index (κ3) is 3.63. The standard InChI is InChI=1S/C16H19NO5/c1-2-3-8-22-16(21)11-4-6-13(7-5-11)17-10-12(15(19)20)9-14(17)18/h4-7,12H,2-3,8-10H2,1H3,(H,19,20)/p-1/t12-/m1/s1. The molecule has 0 N–H and O–H groups in total. The second-order valence-electron chi connectivity index (χ2n) is 5.26. The number of hydrogen-bond donors (Lipinski definition) is 0. The van der Waals surface area contributed by atoms with Crippen molar-refractivity contribution >= 4 is 23.5 Å². The second-order valence-corrected chi connectivity index (χ2v) is 5.26. The summed E-state index contributed by atoms with van der Waals surface area (Å²) in [6.07, 6.45) is 1.71. The SMILES string of the molecule is CCCCOC(=O)c1ccc(N2C[C@H](C(=O)[O-])CC2=O)cc1. The first kappa shape index (κ1) is 16.0. The van der Waals surface area contributed by atoms with Crippen molar-refractivity contribution in [1.29, 1.82) is 0 Å². The van der Waals surface area contributed by atoms with E-state index in [-0.39, 0.29) is 18.9 Å². The zero-order valence-corrected chi connectivity index (χ0v) is 12.4. The summed E-state index contributed by atoms with van der Waals surface area (Å²) in [6.45, 7) is 2.49. The molecule has 0 spiro atoms. The van der Waals surface area contributed by atoms with Crippen molar-refractivity contribution in [2.45, 2.75) is 26.2 Å². The Morgan fingerprint density at radius 2 is 2.00 bits per heavy atom. The minimum atomic E-state index is -1.22. The molecule has 1 amide bonds. The molecule has 1 saturated heterocycles. The van der Waals surface area contributed by atoms with Crippen molar-refractivity contribution < 1.29 is 24.2 Å². The Morgan fingerprint density at radius 1 is 1.32 bits per heavy atom. The lowest BCUT2D eigenvalue weighted by molar-refractivity contribution is -0.310. The Hall–Kier alpha value is -2.37.